The second-order valence-corrected chi connectivity index (χ2v) is 11.3. The van der Waals surface area contributed by atoms with Crippen LogP contribution in [0, 0.1) is 19.3 Å². The van der Waals surface area contributed by atoms with E-state index in [-0.39, 0.29) is 29.8 Å². The van der Waals surface area contributed by atoms with Gasteiger partial charge in [-0.25, -0.2) is 0 Å². The number of aromatic nitrogens is 1. The summed E-state index contributed by atoms with van der Waals surface area (Å²) in [5.41, 5.74) is 7.34. The van der Waals surface area contributed by atoms with E-state index in [1.54, 1.807) is 6.20 Å². The van der Waals surface area contributed by atoms with Crippen LogP contribution in [-0.2, 0) is 21.4 Å². The van der Waals surface area contributed by atoms with Crippen molar-refractivity contribution >= 4 is 5.97 Å². The fourth-order valence-electron chi connectivity index (χ4n) is 5.02. The van der Waals surface area contributed by atoms with Gasteiger partial charge in [0.2, 0.25) is 0 Å². The molecule has 0 radical (unpaired) electrons. The third-order valence-corrected chi connectivity index (χ3v) is 7.79. The van der Waals surface area contributed by atoms with Crippen molar-refractivity contribution < 1.29 is 19.4 Å². The molecule has 1 heterocycles. The minimum absolute atomic E-state index is 0.136. The normalized spacial score (nSPS) is 12.8. The number of benzene rings is 2. The molecule has 0 aliphatic carbocycles. The SMILES string of the molecule is CCC(CC)(c1ccc(OCC(O)C(C)(C)C)c(C)c1)c1ccc(-c2cncc(CC(=O)OC)c2)c(C)c1. The summed E-state index contributed by atoms with van der Waals surface area (Å²) in [6, 6.07) is 15.1. The molecule has 1 aromatic heterocycles. The average molecular weight is 518 g/mol. The topological polar surface area (TPSA) is 68.7 Å². The van der Waals surface area contributed by atoms with E-state index in [2.05, 4.69) is 63.0 Å². The number of aliphatic hydroxyl groups excluding tert-OH is 1. The van der Waals surface area contributed by atoms with E-state index in [9.17, 15) is 9.90 Å². The van der Waals surface area contributed by atoms with Gasteiger partial charge in [0.05, 0.1) is 19.6 Å². The van der Waals surface area contributed by atoms with E-state index in [1.807, 2.05) is 39.1 Å². The number of aryl methyl sites for hydroxylation is 2. The van der Waals surface area contributed by atoms with E-state index in [4.69, 9.17) is 9.47 Å². The summed E-state index contributed by atoms with van der Waals surface area (Å²) in [7, 11) is 1.40. The highest BCUT2D eigenvalue weighted by atomic mass is 16.5. The summed E-state index contributed by atoms with van der Waals surface area (Å²) in [6.07, 6.45) is 5.14. The van der Waals surface area contributed by atoms with Crippen LogP contribution in [0.5, 0.6) is 5.75 Å². The van der Waals surface area contributed by atoms with Crippen LogP contribution >= 0.6 is 0 Å². The Kier molecular flexibility index (Phi) is 9.37. The number of pyridine rings is 1. The molecule has 3 rings (SSSR count). The molecule has 204 valence electrons. The maximum Gasteiger partial charge on any atom is 0.310 e. The van der Waals surface area contributed by atoms with E-state index < -0.39 is 6.10 Å². The number of esters is 1. The van der Waals surface area contributed by atoms with Crippen molar-refractivity contribution in [1.82, 2.24) is 4.98 Å². The molecule has 0 fully saturated rings. The van der Waals surface area contributed by atoms with Gasteiger partial charge < -0.3 is 14.6 Å². The third kappa shape index (κ3) is 6.44. The van der Waals surface area contributed by atoms with Gasteiger partial charge in [0.1, 0.15) is 12.4 Å². The summed E-state index contributed by atoms with van der Waals surface area (Å²) in [5.74, 6) is 0.535. The highest BCUT2D eigenvalue weighted by Gasteiger charge is 2.32. The van der Waals surface area contributed by atoms with Crippen molar-refractivity contribution in [2.45, 2.75) is 79.2 Å². The zero-order valence-electron chi connectivity index (χ0n) is 24.2. The molecule has 38 heavy (non-hydrogen) atoms. The Morgan fingerprint density at radius 1 is 0.947 bits per heavy atom. The highest BCUT2D eigenvalue weighted by Crippen LogP contribution is 2.41. The molecule has 0 spiro atoms. The molecule has 0 saturated heterocycles. The molecule has 5 heteroatoms. The maximum atomic E-state index is 11.7. The van der Waals surface area contributed by atoms with Gasteiger partial charge in [0.15, 0.2) is 0 Å². The molecule has 2 aromatic carbocycles. The monoisotopic (exact) mass is 517 g/mol. The first-order valence-electron chi connectivity index (χ1n) is 13.5. The Balaban J connectivity index is 1.92. The van der Waals surface area contributed by atoms with Gasteiger partial charge >= 0.3 is 5.97 Å². The van der Waals surface area contributed by atoms with Crippen molar-refractivity contribution in [1.29, 1.82) is 0 Å². The highest BCUT2D eigenvalue weighted by molar-refractivity contribution is 5.74. The van der Waals surface area contributed by atoms with Crippen molar-refractivity contribution in [2.24, 2.45) is 5.41 Å². The molecule has 1 N–H and O–H groups in total. The fraction of sp³-hybridized carbons (Fsp3) is 0.455. The Bertz CT molecular complexity index is 1250. The molecule has 0 bridgehead atoms. The molecule has 3 aromatic rings. The van der Waals surface area contributed by atoms with Crippen molar-refractivity contribution in [3.63, 3.8) is 0 Å². The quantitative estimate of drug-likeness (QED) is 0.294. The number of nitrogens with zero attached hydrogens (tertiary/aromatic N) is 1. The molecule has 0 aliphatic heterocycles. The van der Waals surface area contributed by atoms with E-state index in [0.29, 0.717) is 0 Å². The molecule has 0 amide bonds. The molecule has 0 aliphatic rings. The third-order valence-electron chi connectivity index (χ3n) is 7.79. The number of hydrogen-bond donors (Lipinski definition) is 1. The lowest BCUT2D eigenvalue weighted by Gasteiger charge is -2.34. The summed E-state index contributed by atoms with van der Waals surface area (Å²) in [4.78, 5) is 16.1. The first-order chi connectivity index (χ1) is 17.9. The Labute approximate surface area is 228 Å². The first-order valence-corrected chi connectivity index (χ1v) is 13.5. The van der Waals surface area contributed by atoms with E-state index in [1.165, 1.54) is 23.8 Å². The first kappa shape index (κ1) is 29.4. The smallest absolute Gasteiger partial charge is 0.310 e. The lowest BCUT2D eigenvalue weighted by atomic mass is 9.69. The van der Waals surface area contributed by atoms with Crippen LogP contribution in [0.3, 0.4) is 0 Å². The number of carbonyl (C=O) groups is 1. The number of hydrogen-bond acceptors (Lipinski definition) is 5. The summed E-state index contributed by atoms with van der Waals surface area (Å²) in [5, 5.41) is 10.4. The molecular formula is C33H43NO4. The largest absolute Gasteiger partial charge is 0.491 e. The second kappa shape index (κ2) is 12.1. The minimum atomic E-state index is -0.537. The van der Waals surface area contributed by atoms with Gasteiger partial charge in [-0.05, 0) is 77.6 Å². The van der Waals surface area contributed by atoms with Crippen molar-refractivity contribution in [3.05, 3.63) is 82.7 Å². The van der Waals surface area contributed by atoms with E-state index in [0.717, 1.165) is 40.8 Å². The van der Waals surface area contributed by atoms with Crippen molar-refractivity contribution in [2.75, 3.05) is 13.7 Å². The second-order valence-electron chi connectivity index (χ2n) is 11.3. The Morgan fingerprint density at radius 2 is 1.58 bits per heavy atom. The van der Waals surface area contributed by atoms with Crippen LogP contribution in [0.15, 0.2) is 54.9 Å². The van der Waals surface area contributed by atoms with Crippen LogP contribution in [0.2, 0.25) is 0 Å². The molecule has 1 unspecified atom stereocenters. The minimum Gasteiger partial charge on any atom is -0.491 e. The number of ether oxygens (including phenoxy) is 2. The van der Waals surface area contributed by atoms with Crippen LogP contribution in [0.4, 0.5) is 0 Å². The zero-order valence-corrected chi connectivity index (χ0v) is 24.2. The van der Waals surface area contributed by atoms with Gasteiger partial charge in [-0.15, -0.1) is 0 Å². The predicted octanol–water partition coefficient (Wildman–Crippen LogP) is 6.97. The van der Waals surface area contributed by atoms with Gasteiger partial charge in [0.25, 0.3) is 0 Å². The van der Waals surface area contributed by atoms with Gasteiger partial charge in [-0.2, -0.15) is 0 Å². The van der Waals surface area contributed by atoms with Gasteiger partial charge in [0, 0.05) is 23.4 Å². The molecule has 1 atom stereocenters. The average Bonchev–Trinajstić information content (AvgIpc) is 2.88. The summed E-state index contributed by atoms with van der Waals surface area (Å²) in [6.45, 7) is 15.0. The zero-order chi connectivity index (χ0) is 28.1. The van der Waals surface area contributed by atoms with Crippen LogP contribution in [0.1, 0.15) is 75.3 Å². The van der Waals surface area contributed by atoms with Gasteiger partial charge in [-0.1, -0.05) is 65.0 Å². The Hall–Kier alpha value is -3.18. The number of carbonyl (C=O) groups excluding carboxylic acids is 1. The number of rotatable bonds is 10. The van der Waals surface area contributed by atoms with Gasteiger partial charge in [-0.3, -0.25) is 9.78 Å². The lowest BCUT2D eigenvalue weighted by Crippen LogP contribution is -2.32. The fourth-order valence-corrected chi connectivity index (χ4v) is 5.02. The molecular weight excluding hydrogens is 474 g/mol. The van der Waals surface area contributed by atoms with Crippen molar-refractivity contribution in [3.8, 4) is 16.9 Å². The Morgan fingerprint density at radius 3 is 2.13 bits per heavy atom. The van der Waals surface area contributed by atoms with Crippen LogP contribution in [-0.4, -0.2) is 35.9 Å². The summed E-state index contributed by atoms with van der Waals surface area (Å²) >= 11 is 0. The standard InChI is InChI=1S/C33H43NO4/c1-9-33(10-2,27-12-14-29(23(4)16-27)38-21-30(35)32(5,6)7)26-11-13-28(22(3)15-26)25-17-24(19-34-20-25)18-31(36)37-8/h11-17,19-20,30,35H,9-10,18,21H2,1-8H3. The van der Waals surface area contributed by atoms with Crippen LogP contribution < -0.4 is 4.74 Å². The van der Waals surface area contributed by atoms with Crippen LogP contribution in [0.25, 0.3) is 11.1 Å². The number of aliphatic hydroxyl groups is 1. The molecule has 5 nitrogen and oxygen atoms in total. The molecule has 0 saturated carbocycles. The predicted molar refractivity (Wildman–Crippen MR) is 154 cm³/mol. The maximum absolute atomic E-state index is 11.7. The van der Waals surface area contributed by atoms with E-state index >= 15 is 0 Å². The lowest BCUT2D eigenvalue weighted by molar-refractivity contribution is -0.139. The summed E-state index contributed by atoms with van der Waals surface area (Å²) < 4.78 is 10.8. The number of methoxy groups -OCH3 is 1.